The molecule has 1 aromatic carbocycles. The van der Waals surface area contributed by atoms with Gasteiger partial charge in [0, 0.05) is 16.2 Å². The fourth-order valence-electron chi connectivity index (χ4n) is 3.14. The van der Waals surface area contributed by atoms with Crippen LogP contribution in [-0.2, 0) is 0 Å². The van der Waals surface area contributed by atoms with Crippen LogP contribution in [0.1, 0.15) is 57.4 Å². The summed E-state index contributed by atoms with van der Waals surface area (Å²) in [5.74, 6) is 0.927. The van der Waals surface area contributed by atoms with Crippen LogP contribution in [0.2, 0.25) is 0 Å². The summed E-state index contributed by atoms with van der Waals surface area (Å²) >= 11 is 3.56. The maximum atomic E-state index is 8.90. The van der Waals surface area contributed by atoms with Gasteiger partial charge in [0.25, 0.3) is 0 Å². The van der Waals surface area contributed by atoms with Crippen LogP contribution in [0.3, 0.4) is 0 Å². The summed E-state index contributed by atoms with van der Waals surface area (Å²) in [7, 11) is 0. The van der Waals surface area contributed by atoms with Crippen LogP contribution in [0.5, 0.6) is 0 Å². The number of nitrogens with zero attached hydrogens (tertiary/aromatic N) is 1. The van der Waals surface area contributed by atoms with Crippen LogP contribution in [0.4, 0.5) is 5.69 Å². The topological polar surface area (TPSA) is 35.8 Å². The lowest BCUT2D eigenvalue weighted by atomic mass is 9.95. The fraction of sp³-hybridized carbons (Fsp3) is 0.588. The summed E-state index contributed by atoms with van der Waals surface area (Å²) in [6.07, 6.45) is 9.27. The third-order valence-corrected chi connectivity index (χ3v) is 4.90. The molecule has 0 amide bonds. The normalized spacial score (nSPS) is 22.9. The van der Waals surface area contributed by atoms with E-state index in [4.69, 9.17) is 5.26 Å². The highest BCUT2D eigenvalue weighted by Gasteiger charge is 2.18. The van der Waals surface area contributed by atoms with E-state index in [1.165, 1.54) is 44.9 Å². The van der Waals surface area contributed by atoms with Crippen LogP contribution in [-0.4, -0.2) is 6.04 Å². The van der Waals surface area contributed by atoms with Gasteiger partial charge in [-0.15, -0.1) is 0 Å². The summed E-state index contributed by atoms with van der Waals surface area (Å²) < 4.78 is 0.992. The molecule has 1 fully saturated rings. The molecule has 1 aromatic rings. The SMILES string of the molecule is CCCC1CCCC(Nc2ccc(C#N)cc2Br)CC1. The van der Waals surface area contributed by atoms with Crippen molar-refractivity contribution in [2.24, 2.45) is 5.92 Å². The smallest absolute Gasteiger partial charge is 0.0992 e. The Kier molecular flexibility index (Phi) is 5.91. The van der Waals surface area contributed by atoms with Crippen LogP contribution in [0, 0.1) is 17.2 Å². The lowest BCUT2D eigenvalue weighted by molar-refractivity contribution is 0.422. The van der Waals surface area contributed by atoms with E-state index in [0.29, 0.717) is 11.6 Å². The minimum absolute atomic E-state index is 0.570. The number of rotatable bonds is 4. The third-order valence-electron chi connectivity index (χ3n) is 4.24. The molecule has 0 radical (unpaired) electrons. The molecule has 0 spiro atoms. The zero-order valence-electron chi connectivity index (χ0n) is 12.2. The maximum Gasteiger partial charge on any atom is 0.0992 e. The molecule has 0 bridgehead atoms. The second kappa shape index (κ2) is 7.69. The minimum atomic E-state index is 0.570. The van der Waals surface area contributed by atoms with Crippen molar-refractivity contribution in [3.05, 3.63) is 28.2 Å². The number of nitriles is 1. The Hall–Kier alpha value is -1.01. The number of hydrogen-bond donors (Lipinski definition) is 1. The first-order valence-electron chi connectivity index (χ1n) is 7.69. The van der Waals surface area contributed by atoms with Gasteiger partial charge in [-0.05, 0) is 59.3 Å². The lowest BCUT2D eigenvalue weighted by Gasteiger charge is -2.19. The molecule has 0 aliphatic heterocycles. The summed E-state index contributed by atoms with van der Waals surface area (Å²) in [5, 5.41) is 12.5. The zero-order valence-corrected chi connectivity index (χ0v) is 13.7. The Balaban J connectivity index is 1.95. The van der Waals surface area contributed by atoms with Crippen LogP contribution in [0.15, 0.2) is 22.7 Å². The first-order valence-corrected chi connectivity index (χ1v) is 8.48. The van der Waals surface area contributed by atoms with Crippen LogP contribution in [0.25, 0.3) is 0 Å². The van der Waals surface area contributed by atoms with Crippen molar-refractivity contribution in [3.8, 4) is 6.07 Å². The van der Waals surface area contributed by atoms with E-state index in [1.807, 2.05) is 18.2 Å². The molecular formula is C17H23BrN2. The largest absolute Gasteiger partial charge is 0.381 e. The summed E-state index contributed by atoms with van der Waals surface area (Å²) in [5.41, 5.74) is 1.81. The van der Waals surface area contributed by atoms with Crippen LogP contribution < -0.4 is 5.32 Å². The number of hydrogen-bond acceptors (Lipinski definition) is 2. The van der Waals surface area contributed by atoms with Crippen molar-refractivity contribution in [1.29, 1.82) is 5.26 Å². The monoisotopic (exact) mass is 334 g/mol. The molecule has 2 atom stereocenters. The molecule has 0 heterocycles. The van der Waals surface area contributed by atoms with Gasteiger partial charge < -0.3 is 5.32 Å². The minimum Gasteiger partial charge on any atom is -0.381 e. The predicted octanol–water partition coefficient (Wildman–Crippen LogP) is 5.48. The van der Waals surface area contributed by atoms with Gasteiger partial charge in [-0.1, -0.05) is 32.6 Å². The lowest BCUT2D eigenvalue weighted by Crippen LogP contribution is -2.18. The van der Waals surface area contributed by atoms with Gasteiger partial charge in [-0.25, -0.2) is 0 Å². The molecule has 108 valence electrons. The predicted molar refractivity (Wildman–Crippen MR) is 87.8 cm³/mol. The number of nitrogens with one attached hydrogen (secondary N) is 1. The van der Waals surface area contributed by atoms with Gasteiger partial charge in [0.1, 0.15) is 0 Å². The van der Waals surface area contributed by atoms with E-state index in [1.54, 1.807) is 0 Å². The van der Waals surface area contributed by atoms with E-state index >= 15 is 0 Å². The van der Waals surface area contributed by atoms with Gasteiger partial charge in [-0.2, -0.15) is 5.26 Å². The zero-order chi connectivity index (χ0) is 14.4. The molecule has 0 saturated heterocycles. The van der Waals surface area contributed by atoms with Gasteiger partial charge in [0.2, 0.25) is 0 Å². The van der Waals surface area contributed by atoms with Crippen LogP contribution >= 0.6 is 15.9 Å². The standard InChI is InChI=1S/C17H23BrN2/c1-2-4-13-5-3-6-15(9-7-13)20-17-10-8-14(12-19)11-16(17)18/h8,10-11,13,15,20H,2-7,9H2,1H3. The maximum absolute atomic E-state index is 8.90. The summed E-state index contributed by atoms with van der Waals surface area (Å²) in [6.45, 7) is 2.29. The van der Waals surface area contributed by atoms with Gasteiger partial charge in [0.15, 0.2) is 0 Å². The molecule has 1 saturated carbocycles. The molecule has 0 aromatic heterocycles. The third kappa shape index (κ3) is 4.24. The molecule has 2 rings (SSSR count). The van der Waals surface area contributed by atoms with Crippen molar-refractivity contribution in [3.63, 3.8) is 0 Å². The molecule has 1 aliphatic rings. The Morgan fingerprint density at radius 1 is 1.30 bits per heavy atom. The highest BCUT2D eigenvalue weighted by molar-refractivity contribution is 9.10. The summed E-state index contributed by atoms with van der Waals surface area (Å²) in [4.78, 5) is 0. The van der Waals surface area contributed by atoms with Crippen molar-refractivity contribution in [2.45, 2.75) is 57.9 Å². The average Bonchev–Trinajstić information content (AvgIpc) is 2.67. The van der Waals surface area contributed by atoms with E-state index < -0.39 is 0 Å². The molecule has 3 heteroatoms. The van der Waals surface area contributed by atoms with Crippen molar-refractivity contribution < 1.29 is 0 Å². The van der Waals surface area contributed by atoms with Crippen molar-refractivity contribution in [1.82, 2.24) is 0 Å². The van der Waals surface area contributed by atoms with E-state index in [-0.39, 0.29) is 0 Å². The average molecular weight is 335 g/mol. The fourth-order valence-corrected chi connectivity index (χ4v) is 3.63. The van der Waals surface area contributed by atoms with Gasteiger partial charge in [-0.3, -0.25) is 0 Å². The Labute approximate surface area is 130 Å². The van der Waals surface area contributed by atoms with E-state index in [0.717, 1.165) is 16.1 Å². The highest BCUT2D eigenvalue weighted by Crippen LogP contribution is 2.30. The highest BCUT2D eigenvalue weighted by atomic mass is 79.9. The Bertz CT molecular complexity index is 478. The van der Waals surface area contributed by atoms with Gasteiger partial charge in [0.05, 0.1) is 11.6 Å². The van der Waals surface area contributed by atoms with E-state index in [2.05, 4.69) is 34.2 Å². The van der Waals surface area contributed by atoms with Crippen molar-refractivity contribution in [2.75, 3.05) is 5.32 Å². The number of anilines is 1. The second-order valence-corrected chi connectivity index (χ2v) is 6.66. The second-order valence-electron chi connectivity index (χ2n) is 5.81. The Morgan fingerprint density at radius 3 is 2.85 bits per heavy atom. The van der Waals surface area contributed by atoms with E-state index in [9.17, 15) is 0 Å². The molecule has 1 aliphatic carbocycles. The molecule has 20 heavy (non-hydrogen) atoms. The quantitative estimate of drug-likeness (QED) is 0.739. The number of halogens is 1. The molecular weight excluding hydrogens is 312 g/mol. The first kappa shape index (κ1) is 15.4. The molecule has 2 unspecified atom stereocenters. The number of benzene rings is 1. The first-order chi connectivity index (χ1) is 9.72. The van der Waals surface area contributed by atoms with Crippen molar-refractivity contribution >= 4 is 21.6 Å². The Morgan fingerprint density at radius 2 is 2.15 bits per heavy atom. The molecule has 1 N–H and O–H groups in total. The van der Waals surface area contributed by atoms with Gasteiger partial charge >= 0.3 is 0 Å². The summed E-state index contributed by atoms with van der Waals surface area (Å²) in [6, 6.07) is 8.52. The molecule has 2 nitrogen and oxygen atoms in total.